The lowest BCUT2D eigenvalue weighted by molar-refractivity contribution is -0.125. The monoisotopic (exact) mass is 305 g/mol. The van der Waals surface area contributed by atoms with Crippen molar-refractivity contribution in [1.29, 1.82) is 0 Å². The third kappa shape index (κ3) is 2.32. The molecule has 4 nitrogen and oxygen atoms in total. The number of nitrogens with one attached hydrogen (secondary N) is 1. The molecule has 0 aliphatic heterocycles. The highest BCUT2D eigenvalue weighted by Gasteiger charge is 2.29. The van der Waals surface area contributed by atoms with Crippen molar-refractivity contribution in [2.24, 2.45) is 11.8 Å². The summed E-state index contributed by atoms with van der Waals surface area (Å²) in [4.78, 5) is 11.9. The number of amides is 1. The summed E-state index contributed by atoms with van der Waals surface area (Å²) in [6.07, 6.45) is 2.47. The summed E-state index contributed by atoms with van der Waals surface area (Å²) < 4.78 is 2.37. The second kappa shape index (κ2) is 5.35. The number of halogens is 1. The summed E-state index contributed by atoms with van der Waals surface area (Å²) in [5.74, 6) is 5.16. The number of benzene rings is 1. The number of fused-ring (bicyclic) bond motifs is 3. The minimum Gasteiger partial charge on any atom is -0.342 e. The van der Waals surface area contributed by atoms with Crippen molar-refractivity contribution in [3.05, 3.63) is 34.5 Å². The highest BCUT2D eigenvalue weighted by molar-refractivity contribution is 6.31. The van der Waals surface area contributed by atoms with E-state index in [4.69, 9.17) is 17.4 Å². The molecular weight excluding hydrogens is 286 g/mol. The number of nitrogens with two attached hydrogens (primary N) is 1. The molecule has 0 fully saturated rings. The number of carbonyl (C=O) groups is 1. The van der Waals surface area contributed by atoms with E-state index in [-0.39, 0.29) is 11.8 Å². The molecule has 112 valence electrons. The maximum atomic E-state index is 11.9. The van der Waals surface area contributed by atoms with E-state index in [1.807, 2.05) is 12.1 Å². The van der Waals surface area contributed by atoms with Crippen molar-refractivity contribution in [3.8, 4) is 0 Å². The standard InChI is InChI=1S/C16H20ClN3O/c1-9(2)20-14-5-3-10(16(21)19-18)7-12(14)13-8-11(17)4-6-15(13)20/h4,6,8-10H,3,5,7,18H2,1-2H3,(H,19,21). The fourth-order valence-electron chi connectivity index (χ4n) is 3.50. The van der Waals surface area contributed by atoms with Gasteiger partial charge in [0.15, 0.2) is 0 Å². The lowest BCUT2D eigenvalue weighted by Gasteiger charge is -2.24. The molecule has 2 aromatic rings. The fraction of sp³-hybridized carbons (Fsp3) is 0.438. The first kappa shape index (κ1) is 14.4. The van der Waals surface area contributed by atoms with Gasteiger partial charge in [-0.1, -0.05) is 11.6 Å². The van der Waals surface area contributed by atoms with Crippen LogP contribution in [0.2, 0.25) is 5.02 Å². The van der Waals surface area contributed by atoms with Crippen molar-refractivity contribution >= 4 is 28.4 Å². The van der Waals surface area contributed by atoms with E-state index in [1.165, 1.54) is 22.2 Å². The Morgan fingerprint density at radius 2 is 2.24 bits per heavy atom. The Hall–Kier alpha value is -1.52. The molecule has 1 aromatic heterocycles. The zero-order valence-electron chi connectivity index (χ0n) is 12.3. The molecule has 1 aromatic carbocycles. The van der Waals surface area contributed by atoms with Gasteiger partial charge in [0.1, 0.15) is 0 Å². The Kier molecular flexibility index (Phi) is 3.68. The van der Waals surface area contributed by atoms with Gasteiger partial charge in [0.2, 0.25) is 5.91 Å². The first-order valence-electron chi connectivity index (χ1n) is 7.34. The zero-order valence-corrected chi connectivity index (χ0v) is 13.1. The molecule has 0 saturated carbocycles. The average molecular weight is 306 g/mol. The zero-order chi connectivity index (χ0) is 15.1. The average Bonchev–Trinajstić information content (AvgIpc) is 2.79. The van der Waals surface area contributed by atoms with E-state index in [0.29, 0.717) is 6.04 Å². The number of aromatic nitrogens is 1. The van der Waals surface area contributed by atoms with Crippen LogP contribution < -0.4 is 11.3 Å². The molecule has 0 radical (unpaired) electrons. The van der Waals surface area contributed by atoms with Crippen LogP contribution in [0, 0.1) is 5.92 Å². The van der Waals surface area contributed by atoms with Crippen LogP contribution >= 0.6 is 11.6 Å². The maximum absolute atomic E-state index is 11.9. The Bertz CT molecular complexity index is 705. The molecule has 3 rings (SSSR count). The molecule has 1 heterocycles. The first-order chi connectivity index (χ1) is 10.0. The summed E-state index contributed by atoms with van der Waals surface area (Å²) in [6, 6.07) is 6.40. The summed E-state index contributed by atoms with van der Waals surface area (Å²) in [5.41, 5.74) is 6.07. The minimum atomic E-state index is -0.0758. The van der Waals surface area contributed by atoms with E-state index < -0.39 is 0 Å². The molecule has 0 spiro atoms. The van der Waals surface area contributed by atoms with Crippen LogP contribution in [-0.4, -0.2) is 10.5 Å². The lowest BCUT2D eigenvalue weighted by Crippen LogP contribution is -2.38. The molecule has 1 atom stereocenters. The number of hydrazine groups is 1. The van der Waals surface area contributed by atoms with Gasteiger partial charge >= 0.3 is 0 Å². The minimum absolute atomic E-state index is 0.0484. The van der Waals surface area contributed by atoms with Crippen molar-refractivity contribution in [2.75, 3.05) is 0 Å². The summed E-state index contributed by atoms with van der Waals surface area (Å²) >= 11 is 6.17. The molecule has 21 heavy (non-hydrogen) atoms. The van der Waals surface area contributed by atoms with E-state index in [9.17, 15) is 4.79 Å². The fourth-order valence-corrected chi connectivity index (χ4v) is 3.67. The van der Waals surface area contributed by atoms with Crippen LogP contribution in [0.15, 0.2) is 18.2 Å². The molecule has 5 heteroatoms. The summed E-state index contributed by atoms with van der Waals surface area (Å²) in [6.45, 7) is 4.38. The van der Waals surface area contributed by atoms with E-state index in [2.05, 4.69) is 29.9 Å². The van der Waals surface area contributed by atoms with Crippen LogP contribution in [0.3, 0.4) is 0 Å². The normalized spacial score (nSPS) is 18.0. The highest BCUT2D eigenvalue weighted by atomic mass is 35.5. The summed E-state index contributed by atoms with van der Waals surface area (Å²) in [5, 5.41) is 1.90. The number of hydrogen-bond donors (Lipinski definition) is 2. The molecule has 0 saturated heterocycles. The number of carbonyl (C=O) groups excluding carboxylic acids is 1. The number of rotatable bonds is 2. The molecule has 0 bridgehead atoms. The van der Waals surface area contributed by atoms with Gasteiger partial charge < -0.3 is 4.57 Å². The van der Waals surface area contributed by atoms with Gasteiger partial charge in [0, 0.05) is 33.6 Å². The van der Waals surface area contributed by atoms with E-state index in [0.717, 1.165) is 24.3 Å². The predicted octanol–water partition coefficient (Wildman–Crippen LogP) is 2.97. The molecular formula is C16H20ClN3O. The van der Waals surface area contributed by atoms with Gasteiger partial charge in [-0.15, -0.1) is 0 Å². The topological polar surface area (TPSA) is 60.0 Å². The Labute approximate surface area is 129 Å². The van der Waals surface area contributed by atoms with Crippen molar-refractivity contribution < 1.29 is 4.79 Å². The molecule has 1 amide bonds. The van der Waals surface area contributed by atoms with Gasteiger partial charge in [0.25, 0.3) is 0 Å². The van der Waals surface area contributed by atoms with Crippen LogP contribution in [0.1, 0.15) is 37.6 Å². The van der Waals surface area contributed by atoms with Crippen molar-refractivity contribution in [1.82, 2.24) is 9.99 Å². The molecule has 1 aliphatic rings. The van der Waals surface area contributed by atoms with Crippen LogP contribution in [0.5, 0.6) is 0 Å². The second-order valence-corrected chi connectivity index (χ2v) is 6.44. The molecule has 3 N–H and O–H groups in total. The number of nitrogens with zero attached hydrogens (tertiary/aromatic N) is 1. The Morgan fingerprint density at radius 1 is 1.48 bits per heavy atom. The predicted molar refractivity (Wildman–Crippen MR) is 85.2 cm³/mol. The van der Waals surface area contributed by atoms with Gasteiger partial charge in [-0.05, 0) is 56.9 Å². The summed E-state index contributed by atoms with van der Waals surface area (Å²) in [7, 11) is 0. The molecule has 1 aliphatic carbocycles. The van der Waals surface area contributed by atoms with E-state index in [1.54, 1.807) is 0 Å². The van der Waals surface area contributed by atoms with Gasteiger partial charge in [0.05, 0.1) is 0 Å². The van der Waals surface area contributed by atoms with Gasteiger partial charge in [-0.2, -0.15) is 0 Å². The maximum Gasteiger partial charge on any atom is 0.237 e. The van der Waals surface area contributed by atoms with Crippen LogP contribution in [0.4, 0.5) is 0 Å². The third-order valence-electron chi connectivity index (χ3n) is 4.39. The largest absolute Gasteiger partial charge is 0.342 e. The van der Waals surface area contributed by atoms with Crippen LogP contribution in [0.25, 0.3) is 10.9 Å². The Balaban J connectivity index is 2.18. The SMILES string of the molecule is CC(C)n1c2c(c3cc(Cl)ccc31)CC(C(=O)NN)CC2. The quantitative estimate of drug-likeness (QED) is 0.509. The van der Waals surface area contributed by atoms with Crippen molar-refractivity contribution in [2.45, 2.75) is 39.2 Å². The van der Waals surface area contributed by atoms with Crippen LogP contribution in [-0.2, 0) is 17.6 Å². The lowest BCUT2D eigenvalue weighted by atomic mass is 9.86. The second-order valence-electron chi connectivity index (χ2n) is 6.00. The van der Waals surface area contributed by atoms with Gasteiger partial charge in [-0.25, -0.2) is 5.84 Å². The third-order valence-corrected chi connectivity index (χ3v) is 4.63. The smallest absolute Gasteiger partial charge is 0.237 e. The van der Waals surface area contributed by atoms with Crippen molar-refractivity contribution in [3.63, 3.8) is 0 Å². The molecule has 1 unspecified atom stereocenters. The number of hydrogen-bond acceptors (Lipinski definition) is 2. The van der Waals surface area contributed by atoms with Gasteiger partial charge in [-0.3, -0.25) is 10.2 Å². The Morgan fingerprint density at radius 3 is 2.90 bits per heavy atom. The van der Waals surface area contributed by atoms with E-state index >= 15 is 0 Å². The first-order valence-corrected chi connectivity index (χ1v) is 7.72. The highest BCUT2D eigenvalue weighted by Crippen LogP contribution is 2.37.